The second-order valence-electron chi connectivity index (χ2n) is 9.54. The van der Waals surface area contributed by atoms with Crippen LogP contribution in [0, 0.1) is 5.92 Å². The van der Waals surface area contributed by atoms with Gasteiger partial charge in [-0.15, -0.1) is 0 Å². The van der Waals surface area contributed by atoms with E-state index in [1.807, 2.05) is 50.2 Å². The third-order valence-corrected chi connectivity index (χ3v) is 6.53. The van der Waals surface area contributed by atoms with Crippen LogP contribution < -0.4 is 15.0 Å². The van der Waals surface area contributed by atoms with E-state index in [1.165, 1.54) is 23.4 Å². The van der Waals surface area contributed by atoms with Crippen LogP contribution in [0.3, 0.4) is 0 Å². The molecule has 0 bridgehead atoms. The van der Waals surface area contributed by atoms with Gasteiger partial charge in [0, 0.05) is 30.5 Å². The van der Waals surface area contributed by atoms with Crippen LogP contribution in [0.2, 0.25) is 0 Å². The van der Waals surface area contributed by atoms with Gasteiger partial charge in [0.25, 0.3) is 11.8 Å². The van der Waals surface area contributed by atoms with Gasteiger partial charge in [0.05, 0.1) is 12.2 Å². The number of nitrogens with one attached hydrogen (secondary N) is 1. The number of carbonyl (C=O) groups is 2. The number of amides is 2. The van der Waals surface area contributed by atoms with E-state index in [0.717, 1.165) is 36.9 Å². The smallest absolute Gasteiger partial charge is 0.278 e. The summed E-state index contributed by atoms with van der Waals surface area (Å²) in [6.07, 6.45) is 3.34. The van der Waals surface area contributed by atoms with Gasteiger partial charge in [-0.1, -0.05) is 26.0 Å². The molecule has 0 radical (unpaired) electrons. The Kier molecular flexibility index (Phi) is 7.25. The van der Waals surface area contributed by atoms with Gasteiger partial charge in [-0.05, 0) is 81.0 Å². The summed E-state index contributed by atoms with van der Waals surface area (Å²) in [5, 5.41) is 3.26. The van der Waals surface area contributed by atoms with E-state index < -0.39 is 0 Å². The minimum absolute atomic E-state index is 0.231. The summed E-state index contributed by atoms with van der Waals surface area (Å²) in [6.45, 7) is 10.8. The molecule has 0 aromatic heterocycles. The quantitative estimate of drug-likeness (QED) is 0.540. The fourth-order valence-electron chi connectivity index (χ4n) is 4.50. The molecule has 6 heteroatoms. The van der Waals surface area contributed by atoms with E-state index in [4.69, 9.17) is 4.74 Å². The molecule has 0 aliphatic carbocycles. The number of nitrogens with zero attached hydrogens (tertiary/aromatic N) is 2. The fraction of sp³-hybridized carbons (Fsp3) is 0.429. The zero-order valence-corrected chi connectivity index (χ0v) is 20.6. The maximum absolute atomic E-state index is 13.3. The van der Waals surface area contributed by atoms with Gasteiger partial charge in [-0.2, -0.15) is 0 Å². The second kappa shape index (κ2) is 10.3. The van der Waals surface area contributed by atoms with Crippen molar-refractivity contribution in [2.24, 2.45) is 5.92 Å². The molecule has 180 valence electrons. The molecular weight excluding hydrogens is 426 g/mol. The van der Waals surface area contributed by atoms with Gasteiger partial charge in [0.2, 0.25) is 0 Å². The fourth-order valence-corrected chi connectivity index (χ4v) is 4.50. The van der Waals surface area contributed by atoms with Crippen molar-refractivity contribution in [3.05, 3.63) is 59.8 Å². The van der Waals surface area contributed by atoms with Crippen molar-refractivity contribution in [1.29, 1.82) is 0 Å². The van der Waals surface area contributed by atoms with Crippen LogP contribution in [0.5, 0.6) is 5.75 Å². The monoisotopic (exact) mass is 461 g/mol. The molecule has 1 fully saturated rings. The number of imide groups is 1. The van der Waals surface area contributed by atoms with Crippen LogP contribution in [-0.2, 0) is 9.59 Å². The van der Waals surface area contributed by atoms with Crippen molar-refractivity contribution in [2.75, 3.05) is 29.9 Å². The van der Waals surface area contributed by atoms with Crippen molar-refractivity contribution in [3.8, 4) is 5.75 Å². The van der Waals surface area contributed by atoms with Crippen molar-refractivity contribution in [1.82, 2.24) is 4.90 Å². The molecule has 2 aromatic rings. The summed E-state index contributed by atoms with van der Waals surface area (Å²) in [4.78, 5) is 30.2. The number of anilines is 2. The van der Waals surface area contributed by atoms with Gasteiger partial charge in [0.15, 0.2) is 0 Å². The maximum atomic E-state index is 13.3. The van der Waals surface area contributed by atoms with E-state index in [-0.39, 0.29) is 17.9 Å². The van der Waals surface area contributed by atoms with E-state index in [1.54, 1.807) is 0 Å². The van der Waals surface area contributed by atoms with Crippen LogP contribution in [0.15, 0.2) is 54.2 Å². The minimum Gasteiger partial charge on any atom is -0.494 e. The normalized spacial score (nSPS) is 17.2. The minimum atomic E-state index is -0.296. The summed E-state index contributed by atoms with van der Waals surface area (Å²) in [5.74, 6) is 0.963. The maximum Gasteiger partial charge on any atom is 0.278 e. The third kappa shape index (κ3) is 4.96. The summed E-state index contributed by atoms with van der Waals surface area (Å²) >= 11 is 0. The number of piperidine rings is 1. The van der Waals surface area contributed by atoms with Gasteiger partial charge in [0.1, 0.15) is 11.4 Å². The number of hydrogen-bond donors (Lipinski definition) is 1. The molecule has 2 heterocycles. The summed E-state index contributed by atoms with van der Waals surface area (Å²) in [7, 11) is 0. The Labute approximate surface area is 202 Å². The first-order valence-electron chi connectivity index (χ1n) is 12.4. The number of ether oxygens (including phenoxy) is 1. The van der Waals surface area contributed by atoms with Crippen molar-refractivity contribution in [2.45, 2.75) is 53.0 Å². The highest BCUT2D eigenvalue weighted by atomic mass is 16.5. The average molecular weight is 462 g/mol. The van der Waals surface area contributed by atoms with E-state index in [9.17, 15) is 9.59 Å². The Morgan fingerprint density at radius 3 is 2.21 bits per heavy atom. The Hall–Kier alpha value is -3.28. The molecular formula is C28H35N3O3. The lowest BCUT2D eigenvalue weighted by atomic mass is 9.99. The van der Waals surface area contributed by atoms with Crippen LogP contribution in [0.4, 0.5) is 11.4 Å². The lowest BCUT2D eigenvalue weighted by Gasteiger charge is -2.32. The van der Waals surface area contributed by atoms with E-state index in [2.05, 4.69) is 36.2 Å². The molecule has 2 amide bonds. The number of hydrogen-bond acceptors (Lipinski definition) is 5. The van der Waals surface area contributed by atoms with Gasteiger partial charge in [-0.3, -0.25) is 14.5 Å². The summed E-state index contributed by atoms with van der Waals surface area (Å²) in [6, 6.07) is 15.3. The van der Waals surface area contributed by atoms with Crippen molar-refractivity contribution < 1.29 is 14.3 Å². The molecule has 0 atom stereocenters. The number of rotatable bonds is 8. The topological polar surface area (TPSA) is 61.9 Å². The molecule has 2 aliphatic rings. The summed E-state index contributed by atoms with van der Waals surface area (Å²) in [5.41, 5.74) is 3.39. The Morgan fingerprint density at radius 2 is 1.62 bits per heavy atom. The highest BCUT2D eigenvalue weighted by molar-refractivity contribution is 6.36. The molecule has 4 rings (SSSR count). The van der Waals surface area contributed by atoms with E-state index in [0.29, 0.717) is 23.4 Å². The molecule has 6 nitrogen and oxygen atoms in total. The van der Waals surface area contributed by atoms with Gasteiger partial charge >= 0.3 is 0 Å². The zero-order valence-electron chi connectivity index (χ0n) is 20.6. The van der Waals surface area contributed by atoms with E-state index >= 15 is 0 Å². The third-order valence-electron chi connectivity index (χ3n) is 6.53. The lowest BCUT2D eigenvalue weighted by molar-refractivity contribution is -0.138. The van der Waals surface area contributed by atoms with Crippen LogP contribution >= 0.6 is 0 Å². The molecule has 0 unspecified atom stereocenters. The molecule has 0 saturated carbocycles. The molecule has 0 spiro atoms. The molecule has 1 N–H and O–H groups in total. The first kappa shape index (κ1) is 23.9. The highest BCUT2D eigenvalue weighted by Crippen LogP contribution is 2.33. The Morgan fingerprint density at radius 1 is 0.971 bits per heavy atom. The van der Waals surface area contributed by atoms with Crippen LogP contribution in [0.25, 0.3) is 5.57 Å². The number of carbonyl (C=O) groups excluding carboxylic acids is 2. The zero-order chi connectivity index (χ0) is 24.2. The molecule has 1 saturated heterocycles. The second-order valence-corrected chi connectivity index (χ2v) is 9.54. The Balaban J connectivity index is 1.60. The first-order chi connectivity index (χ1) is 16.4. The molecule has 2 aromatic carbocycles. The van der Waals surface area contributed by atoms with Crippen LogP contribution in [-0.4, -0.2) is 42.5 Å². The lowest BCUT2D eigenvalue weighted by Crippen LogP contribution is -2.38. The molecule has 2 aliphatic heterocycles. The van der Waals surface area contributed by atoms with Crippen molar-refractivity contribution >= 4 is 28.8 Å². The first-order valence-corrected chi connectivity index (χ1v) is 12.4. The largest absolute Gasteiger partial charge is 0.494 e. The average Bonchev–Trinajstić information content (AvgIpc) is 3.08. The number of benzene rings is 2. The van der Waals surface area contributed by atoms with Crippen LogP contribution in [0.1, 0.15) is 52.5 Å². The Bertz CT molecular complexity index is 1050. The summed E-state index contributed by atoms with van der Waals surface area (Å²) < 4.78 is 5.67. The van der Waals surface area contributed by atoms with Gasteiger partial charge < -0.3 is 15.0 Å². The highest BCUT2D eigenvalue weighted by Gasteiger charge is 2.40. The predicted molar refractivity (Wildman–Crippen MR) is 137 cm³/mol. The predicted octanol–water partition coefficient (Wildman–Crippen LogP) is 5.31. The molecule has 34 heavy (non-hydrogen) atoms. The standard InChI is InChI=1S/C28H35N3O3/c1-5-18-34-24-12-6-21(7-13-24)25-26(28(33)31(19(2)3)27(25)32)29-22-8-10-23(11-9-22)30-16-14-20(4)15-17-30/h6-13,19-20,29H,5,14-18H2,1-4H3. The van der Waals surface area contributed by atoms with Crippen molar-refractivity contribution in [3.63, 3.8) is 0 Å². The SMILES string of the molecule is CCCOc1ccc(C2=C(Nc3ccc(N4CCC(C)CC4)cc3)C(=O)N(C(C)C)C2=O)cc1. The van der Waals surface area contributed by atoms with Gasteiger partial charge in [-0.25, -0.2) is 0 Å².